The summed E-state index contributed by atoms with van der Waals surface area (Å²) in [6, 6.07) is 8.04. The van der Waals surface area contributed by atoms with Crippen LogP contribution in [0, 0.1) is 0 Å². The first kappa shape index (κ1) is 16.4. The fourth-order valence-corrected chi connectivity index (χ4v) is 3.47. The molecule has 1 saturated heterocycles. The fourth-order valence-electron chi connectivity index (χ4n) is 2.26. The topological polar surface area (TPSA) is 102 Å². The van der Waals surface area contributed by atoms with Gasteiger partial charge in [-0.25, -0.2) is 17.9 Å². The van der Waals surface area contributed by atoms with Crippen molar-refractivity contribution in [1.82, 2.24) is 10.0 Å². The second kappa shape index (κ2) is 6.89. The van der Waals surface area contributed by atoms with Gasteiger partial charge < -0.3 is 10.1 Å². The van der Waals surface area contributed by atoms with E-state index in [9.17, 15) is 18.0 Å². The van der Waals surface area contributed by atoms with Gasteiger partial charge in [-0.2, -0.15) is 0 Å². The summed E-state index contributed by atoms with van der Waals surface area (Å²) in [6.07, 6.45) is 0.317. The molecule has 1 aliphatic rings. The molecule has 22 heavy (non-hydrogen) atoms. The summed E-state index contributed by atoms with van der Waals surface area (Å²) < 4.78 is 29.0. The monoisotopic (exact) mass is 326 g/mol. The number of rotatable bonds is 6. The predicted octanol–water partition coefficient (Wildman–Crippen LogP) is -0.421. The smallest absolute Gasteiger partial charge is 0.328 e. The molecule has 0 saturated carbocycles. The Morgan fingerprint density at radius 2 is 2.00 bits per heavy atom. The molecule has 8 heteroatoms. The first-order chi connectivity index (χ1) is 10.4. The Bertz CT molecular complexity index is 632. The molecule has 0 radical (unpaired) electrons. The Kier molecular flexibility index (Phi) is 5.15. The molecular formula is C14H18N2O5S. The van der Waals surface area contributed by atoms with E-state index in [0.29, 0.717) is 6.42 Å². The van der Waals surface area contributed by atoms with E-state index in [1.54, 1.807) is 0 Å². The quantitative estimate of drug-likeness (QED) is 0.691. The molecule has 7 nitrogen and oxygen atoms in total. The minimum Gasteiger partial charge on any atom is -0.467 e. The second-order valence-corrected chi connectivity index (χ2v) is 6.93. The van der Waals surface area contributed by atoms with Crippen LogP contribution < -0.4 is 10.0 Å². The zero-order chi connectivity index (χ0) is 16.2. The summed E-state index contributed by atoms with van der Waals surface area (Å²) in [5, 5.41) is 2.59. The first-order valence-corrected chi connectivity index (χ1v) is 8.46. The van der Waals surface area contributed by atoms with Crippen molar-refractivity contribution in [1.29, 1.82) is 0 Å². The van der Waals surface area contributed by atoms with Crippen LogP contribution >= 0.6 is 0 Å². The van der Waals surface area contributed by atoms with E-state index >= 15 is 0 Å². The van der Waals surface area contributed by atoms with Gasteiger partial charge in [0.15, 0.2) is 0 Å². The van der Waals surface area contributed by atoms with Crippen molar-refractivity contribution in [3.8, 4) is 0 Å². The zero-order valence-electron chi connectivity index (χ0n) is 12.1. The molecule has 1 aromatic rings. The summed E-state index contributed by atoms with van der Waals surface area (Å²) in [5.41, 5.74) is 0.891. The highest BCUT2D eigenvalue weighted by molar-refractivity contribution is 7.90. The van der Waals surface area contributed by atoms with E-state index in [4.69, 9.17) is 4.74 Å². The van der Waals surface area contributed by atoms with E-state index in [0.717, 1.165) is 5.56 Å². The normalized spacial score (nSPS) is 20.5. The Labute approximate surface area is 129 Å². The van der Waals surface area contributed by atoms with Gasteiger partial charge in [-0.3, -0.25) is 4.79 Å². The Balaban J connectivity index is 1.92. The largest absolute Gasteiger partial charge is 0.467 e. The van der Waals surface area contributed by atoms with Crippen LogP contribution in [0.2, 0.25) is 0 Å². The third-order valence-corrected chi connectivity index (χ3v) is 4.84. The summed E-state index contributed by atoms with van der Waals surface area (Å²) in [7, 11) is -1.94. The lowest BCUT2D eigenvalue weighted by molar-refractivity contribution is -0.145. The Morgan fingerprint density at radius 3 is 2.55 bits per heavy atom. The van der Waals surface area contributed by atoms with Gasteiger partial charge in [-0.15, -0.1) is 0 Å². The first-order valence-electron chi connectivity index (χ1n) is 6.81. The number of sulfonamides is 1. The van der Waals surface area contributed by atoms with Crippen molar-refractivity contribution < 1.29 is 22.7 Å². The summed E-state index contributed by atoms with van der Waals surface area (Å²) in [5.74, 6) is -0.993. The zero-order valence-corrected chi connectivity index (χ0v) is 12.9. The number of amides is 1. The lowest BCUT2D eigenvalue weighted by atomic mass is 10.1. The van der Waals surface area contributed by atoms with Crippen LogP contribution in [0.4, 0.5) is 0 Å². The molecule has 0 aromatic heterocycles. The Hall–Kier alpha value is -1.93. The minimum absolute atomic E-state index is 0.00150. The molecule has 1 fully saturated rings. The Morgan fingerprint density at radius 1 is 1.36 bits per heavy atom. The van der Waals surface area contributed by atoms with Gasteiger partial charge in [-0.05, 0) is 5.56 Å². The number of methoxy groups -OCH3 is 1. The van der Waals surface area contributed by atoms with Crippen LogP contribution in [0.25, 0.3) is 0 Å². The van der Waals surface area contributed by atoms with Gasteiger partial charge in [0, 0.05) is 18.9 Å². The SMILES string of the molecule is COC(=O)[C@H](Cc1ccccc1)NC(=O)CC1CS(=O)(=O)N1. The number of nitrogens with one attached hydrogen (secondary N) is 2. The summed E-state index contributed by atoms with van der Waals surface area (Å²) in [6.45, 7) is 0. The van der Waals surface area contributed by atoms with Crippen LogP contribution in [-0.2, 0) is 30.8 Å². The number of hydrogen-bond acceptors (Lipinski definition) is 5. The average molecular weight is 326 g/mol. The lowest BCUT2D eigenvalue weighted by Crippen LogP contribution is -2.55. The number of esters is 1. The van der Waals surface area contributed by atoms with Gasteiger partial charge in [0.1, 0.15) is 6.04 Å². The van der Waals surface area contributed by atoms with Crippen molar-refractivity contribution in [3.05, 3.63) is 35.9 Å². The molecule has 1 heterocycles. The highest BCUT2D eigenvalue weighted by Crippen LogP contribution is 2.10. The van der Waals surface area contributed by atoms with Gasteiger partial charge in [0.05, 0.1) is 12.9 Å². The number of carbonyl (C=O) groups is 2. The number of carbonyl (C=O) groups excluding carboxylic acids is 2. The van der Waals surface area contributed by atoms with E-state index < -0.39 is 34.0 Å². The summed E-state index contributed by atoms with van der Waals surface area (Å²) in [4.78, 5) is 23.7. The van der Waals surface area contributed by atoms with E-state index in [2.05, 4.69) is 10.0 Å². The average Bonchev–Trinajstić information content (AvgIpc) is 2.45. The van der Waals surface area contributed by atoms with E-state index in [-0.39, 0.29) is 12.2 Å². The molecular weight excluding hydrogens is 308 g/mol. The molecule has 2 atom stereocenters. The third-order valence-electron chi connectivity index (χ3n) is 3.30. The van der Waals surface area contributed by atoms with E-state index in [1.807, 2.05) is 30.3 Å². The maximum absolute atomic E-state index is 11.9. The number of benzene rings is 1. The van der Waals surface area contributed by atoms with Crippen molar-refractivity contribution in [3.63, 3.8) is 0 Å². The second-order valence-electron chi connectivity index (χ2n) is 5.13. The molecule has 0 spiro atoms. The number of hydrogen-bond donors (Lipinski definition) is 2. The minimum atomic E-state index is -3.20. The molecule has 1 aliphatic heterocycles. The highest BCUT2D eigenvalue weighted by atomic mass is 32.2. The van der Waals surface area contributed by atoms with Crippen LogP contribution in [0.3, 0.4) is 0 Å². The molecule has 0 bridgehead atoms. The van der Waals surface area contributed by atoms with Gasteiger partial charge in [0.25, 0.3) is 0 Å². The van der Waals surface area contributed by atoms with Crippen molar-refractivity contribution in [2.75, 3.05) is 12.9 Å². The molecule has 2 rings (SSSR count). The van der Waals surface area contributed by atoms with Crippen molar-refractivity contribution in [2.24, 2.45) is 0 Å². The van der Waals surface area contributed by atoms with Gasteiger partial charge in [-0.1, -0.05) is 30.3 Å². The fraction of sp³-hybridized carbons (Fsp3) is 0.429. The maximum Gasteiger partial charge on any atom is 0.328 e. The van der Waals surface area contributed by atoms with Crippen molar-refractivity contribution >= 4 is 21.9 Å². The van der Waals surface area contributed by atoms with Crippen LogP contribution in [0.1, 0.15) is 12.0 Å². The molecule has 1 amide bonds. The summed E-state index contributed by atoms with van der Waals surface area (Å²) >= 11 is 0. The predicted molar refractivity (Wildman–Crippen MR) is 79.4 cm³/mol. The standard InChI is InChI=1S/C14H18N2O5S/c1-21-14(18)12(7-10-5-3-2-4-6-10)15-13(17)8-11-9-22(19,20)16-11/h2-6,11-12,16H,7-9H2,1H3,(H,15,17)/t11?,12-/m0/s1. The van der Waals surface area contributed by atoms with Gasteiger partial charge in [0.2, 0.25) is 15.9 Å². The molecule has 0 aliphatic carbocycles. The van der Waals surface area contributed by atoms with Gasteiger partial charge >= 0.3 is 5.97 Å². The van der Waals surface area contributed by atoms with E-state index in [1.165, 1.54) is 7.11 Å². The maximum atomic E-state index is 11.9. The van der Waals surface area contributed by atoms with Crippen molar-refractivity contribution in [2.45, 2.75) is 24.9 Å². The lowest BCUT2D eigenvalue weighted by Gasteiger charge is -2.27. The molecule has 2 N–H and O–H groups in total. The molecule has 1 unspecified atom stereocenters. The van der Waals surface area contributed by atoms with Crippen LogP contribution in [0.5, 0.6) is 0 Å². The molecule has 1 aromatic carbocycles. The van der Waals surface area contributed by atoms with Crippen LogP contribution in [0.15, 0.2) is 30.3 Å². The number of ether oxygens (including phenoxy) is 1. The van der Waals surface area contributed by atoms with Crippen LogP contribution in [-0.4, -0.2) is 45.2 Å². The third kappa shape index (κ3) is 4.54. The highest BCUT2D eigenvalue weighted by Gasteiger charge is 2.34. The molecule has 120 valence electrons.